The van der Waals surface area contributed by atoms with Crippen molar-refractivity contribution in [3.05, 3.63) is 48.6 Å². The van der Waals surface area contributed by atoms with Gasteiger partial charge in [0, 0.05) is 6.42 Å². The van der Waals surface area contributed by atoms with Crippen LogP contribution in [0.1, 0.15) is 265 Å². The third-order valence-electron chi connectivity index (χ3n) is 12.0. The Morgan fingerprint density at radius 1 is 0.492 bits per heavy atom. The van der Waals surface area contributed by atoms with Crippen LogP contribution in [0.4, 0.5) is 0 Å². The molecule has 61 heavy (non-hydrogen) atoms. The number of aliphatic hydroxyl groups excluding tert-OH is 2. The molecular weight excluding hydrogens is 755 g/mol. The molecule has 0 radical (unpaired) electrons. The molecule has 3 unspecified atom stereocenters. The smallest absolute Gasteiger partial charge is 0.306 e. The maximum Gasteiger partial charge on any atom is 0.306 e. The van der Waals surface area contributed by atoms with Crippen molar-refractivity contribution >= 4 is 11.9 Å². The Morgan fingerprint density at radius 2 is 0.902 bits per heavy atom. The van der Waals surface area contributed by atoms with Gasteiger partial charge in [0.1, 0.15) is 6.10 Å². The molecule has 0 saturated carbocycles. The molecule has 3 atom stereocenters. The van der Waals surface area contributed by atoms with Crippen molar-refractivity contribution in [3.8, 4) is 0 Å². The molecule has 0 aromatic heterocycles. The Bertz CT molecular complexity index is 1050. The maximum absolute atomic E-state index is 13.2. The number of aliphatic hydroxyl groups is 2. The van der Waals surface area contributed by atoms with E-state index in [1.807, 2.05) is 6.08 Å². The second-order valence-electron chi connectivity index (χ2n) is 18.0. The van der Waals surface area contributed by atoms with Crippen LogP contribution in [-0.2, 0) is 14.3 Å². The highest BCUT2D eigenvalue weighted by molar-refractivity contribution is 5.77. The van der Waals surface area contributed by atoms with Gasteiger partial charge in [0.15, 0.2) is 0 Å². The Morgan fingerprint density at radius 3 is 1.39 bits per heavy atom. The van der Waals surface area contributed by atoms with Gasteiger partial charge in [-0.2, -0.15) is 0 Å². The largest absolute Gasteiger partial charge is 0.462 e. The van der Waals surface area contributed by atoms with Gasteiger partial charge in [-0.1, -0.05) is 230 Å². The fourth-order valence-corrected chi connectivity index (χ4v) is 7.96. The number of hydrogen-bond donors (Lipinski definition) is 3. The lowest BCUT2D eigenvalue weighted by atomic mass is 10.0. The van der Waals surface area contributed by atoms with Crippen LogP contribution in [0.15, 0.2) is 48.6 Å². The molecule has 0 spiro atoms. The summed E-state index contributed by atoms with van der Waals surface area (Å²) in [5, 5.41) is 23.8. The van der Waals surface area contributed by atoms with E-state index in [4.69, 9.17) is 4.74 Å². The van der Waals surface area contributed by atoms with Crippen LogP contribution < -0.4 is 5.32 Å². The Hall–Kier alpha value is -2.18. The van der Waals surface area contributed by atoms with E-state index < -0.39 is 18.2 Å². The number of carbonyl (C=O) groups is 2. The highest BCUT2D eigenvalue weighted by Gasteiger charge is 2.24. The number of hydrogen-bond acceptors (Lipinski definition) is 5. The number of esters is 1. The van der Waals surface area contributed by atoms with Crippen molar-refractivity contribution in [2.24, 2.45) is 0 Å². The Kier molecular flexibility index (Phi) is 47.1. The summed E-state index contributed by atoms with van der Waals surface area (Å²) in [5.41, 5.74) is 0. The van der Waals surface area contributed by atoms with E-state index in [0.717, 1.165) is 70.6 Å². The molecule has 6 nitrogen and oxygen atoms in total. The molecule has 0 fully saturated rings. The number of unbranched alkanes of at least 4 members (excludes halogenated alkanes) is 29. The maximum atomic E-state index is 13.2. The van der Waals surface area contributed by atoms with Crippen LogP contribution in [0.25, 0.3) is 0 Å². The van der Waals surface area contributed by atoms with Crippen LogP contribution in [0.3, 0.4) is 0 Å². The molecule has 0 bridgehead atoms. The summed E-state index contributed by atoms with van der Waals surface area (Å²) in [6.45, 7) is 6.34. The van der Waals surface area contributed by atoms with E-state index >= 15 is 0 Å². The molecule has 0 heterocycles. The first kappa shape index (κ1) is 58.8. The summed E-state index contributed by atoms with van der Waals surface area (Å²) >= 11 is 0. The fraction of sp³-hybridized carbons (Fsp3) is 0.818. The van der Waals surface area contributed by atoms with Crippen LogP contribution in [0.5, 0.6) is 0 Å². The van der Waals surface area contributed by atoms with Crippen LogP contribution in [0, 0.1) is 0 Å². The van der Waals surface area contributed by atoms with Crippen LogP contribution in [0.2, 0.25) is 0 Å². The molecule has 3 N–H and O–H groups in total. The summed E-state index contributed by atoms with van der Waals surface area (Å²) in [7, 11) is 0. The molecule has 6 heteroatoms. The van der Waals surface area contributed by atoms with Gasteiger partial charge in [-0.05, 0) is 70.6 Å². The zero-order chi connectivity index (χ0) is 44.5. The van der Waals surface area contributed by atoms with E-state index in [1.54, 1.807) is 0 Å². The van der Waals surface area contributed by atoms with Gasteiger partial charge in [-0.25, -0.2) is 0 Å². The molecule has 0 aliphatic rings. The molecule has 0 rings (SSSR count). The van der Waals surface area contributed by atoms with Crippen LogP contribution >= 0.6 is 0 Å². The minimum Gasteiger partial charge on any atom is -0.462 e. The standard InChI is InChI=1S/C55H101NO5/c1-4-7-10-13-16-19-22-24-26-27-28-30-33-36-39-42-45-48-55(60)61-51(46-43-40-37-34-31-21-18-15-12-9-6-3)49-54(59)56-52(50-57)53(58)47-44-41-38-35-32-29-25-23-20-17-14-11-8-5-2/h9,12,15,18,21,24,26,31,51-53,57-58H,4-8,10-11,13-14,16-17,19-20,22-23,25,27-30,32-50H2,1-3H3,(H,56,59)/b12-9+,18-15+,26-24+,31-21-. The number of allylic oxidation sites excluding steroid dienone is 8. The SMILES string of the molecule is CC/C=C/C=C/C=C\CCCCCC(CC(=O)NC(CO)C(O)CCCCCCCCCCCCCCCC)OC(=O)CCCCCCCCC/C=C/CCCCCCCC. The molecule has 0 aromatic rings. The molecule has 0 aliphatic heterocycles. The van der Waals surface area contributed by atoms with Crippen molar-refractivity contribution in [3.63, 3.8) is 0 Å². The lowest BCUT2D eigenvalue weighted by Crippen LogP contribution is -2.46. The summed E-state index contributed by atoms with van der Waals surface area (Å²) in [4.78, 5) is 26.1. The van der Waals surface area contributed by atoms with E-state index in [2.05, 4.69) is 68.6 Å². The van der Waals surface area contributed by atoms with Crippen molar-refractivity contribution in [1.29, 1.82) is 0 Å². The normalized spacial score (nSPS) is 13.6. The van der Waals surface area contributed by atoms with E-state index in [9.17, 15) is 19.8 Å². The average Bonchev–Trinajstić information content (AvgIpc) is 3.25. The Labute approximate surface area is 378 Å². The van der Waals surface area contributed by atoms with E-state index in [-0.39, 0.29) is 24.9 Å². The zero-order valence-corrected chi connectivity index (χ0v) is 40.5. The van der Waals surface area contributed by atoms with Crippen molar-refractivity contribution < 1.29 is 24.5 Å². The first-order chi connectivity index (χ1) is 30.0. The molecular formula is C55H101NO5. The van der Waals surface area contributed by atoms with E-state index in [0.29, 0.717) is 19.3 Å². The van der Waals surface area contributed by atoms with Gasteiger partial charge >= 0.3 is 5.97 Å². The topological polar surface area (TPSA) is 95.9 Å². The number of ether oxygens (including phenoxy) is 1. The zero-order valence-electron chi connectivity index (χ0n) is 40.5. The lowest BCUT2D eigenvalue weighted by molar-refractivity contribution is -0.151. The van der Waals surface area contributed by atoms with Gasteiger partial charge < -0.3 is 20.3 Å². The minimum absolute atomic E-state index is 0.0536. The van der Waals surface area contributed by atoms with Gasteiger partial charge in [0.05, 0.1) is 25.2 Å². The number of rotatable bonds is 47. The third kappa shape index (κ3) is 44.2. The summed E-state index contributed by atoms with van der Waals surface area (Å²) < 4.78 is 5.91. The molecule has 0 aliphatic carbocycles. The number of amides is 1. The predicted molar refractivity (Wildman–Crippen MR) is 264 cm³/mol. The third-order valence-corrected chi connectivity index (χ3v) is 12.0. The fourth-order valence-electron chi connectivity index (χ4n) is 7.96. The quantitative estimate of drug-likeness (QED) is 0.0245. The summed E-state index contributed by atoms with van der Waals surface area (Å²) in [5.74, 6) is -0.508. The van der Waals surface area contributed by atoms with Gasteiger partial charge in [0.2, 0.25) is 5.91 Å². The average molecular weight is 856 g/mol. The minimum atomic E-state index is -0.797. The van der Waals surface area contributed by atoms with Gasteiger partial charge in [-0.3, -0.25) is 9.59 Å². The van der Waals surface area contributed by atoms with E-state index in [1.165, 1.54) is 148 Å². The van der Waals surface area contributed by atoms with Crippen LogP contribution in [-0.4, -0.2) is 46.9 Å². The molecule has 0 saturated heterocycles. The molecule has 0 aromatic carbocycles. The second kappa shape index (κ2) is 48.8. The number of nitrogens with one attached hydrogen (secondary N) is 1. The highest BCUT2D eigenvalue weighted by Crippen LogP contribution is 2.18. The Balaban J connectivity index is 4.52. The number of carbonyl (C=O) groups excluding carboxylic acids is 2. The molecule has 1 amide bonds. The van der Waals surface area contributed by atoms with Crippen molar-refractivity contribution in [1.82, 2.24) is 5.32 Å². The van der Waals surface area contributed by atoms with Gasteiger partial charge in [0.25, 0.3) is 0 Å². The lowest BCUT2D eigenvalue weighted by Gasteiger charge is -2.24. The first-order valence-corrected chi connectivity index (χ1v) is 26.4. The molecule has 356 valence electrons. The summed E-state index contributed by atoms with van der Waals surface area (Å²) in [6.07, 6.45) is 58.9. The first-order valence-electron chi connectivity index (χ1n) is 26.4. The second-order valence-corrected chi connectivity index (χ2v) is 18.0. The van der Waals surface area contributed by atoms with Gasteiger partial charge in [-0.15, -0.1) is 0 Å². The summed E-state index contributed by atoms with van der Waals surface area (Å²) in [6, 6.07) is -0.713. The predicted octanol–water partition coefficient (Wildman–Crippen LogP) is 15.8. The monoisotopic (exact) mass is 856 g/mol. The van der Waals surface area contributed by atoms with Crippen molar-refractivity contribution in [2.45, 2.75) is 283 Å². The van der Waals surface area contributed by atoms with Crippen molar-refractivity contribution in [2.75, 3.05) is 6.61 Å². The highest BCUT2D eigenvalue weighted by atomic mass is 16.5.